The summed E-state index contributed by atoms with van der Waals surface area (Å²) < 4.78 is 6.34. The minimum atomic E-state index is -0.402. The lowest BCUT2D eigenvalue weighted by atomic mass is 9.95. The Morgan fingerprint density at radius 2 is 1.73 bits per heavy atom. The first-order chi connectivity index (χ1) is 14.6. The molecule has 1 aromatic carbocycles. The predicted octanol–water partition coefficient (Wildman–Crippen LogP) is 2.30. The smallest absolute Gasteiger partial charge is 0.337 e. The van der Waals surface area contributed by atoms with Crippen molar-refractivity contribution in [2.45, 2.75) is 12.8 Å². The molecule has 1 aliphatic rings. The number of nitrogens with zero attached hydrogens (tertiary/aromatic N) is 5. The number of esters is 1. The van der Waals surface area contributed by atoms with Crippen LogP contribution in [0.4, 0.5) is 11.5 Å². The van der Waals surface area contributed by atoms with Crippen LogP contribution in [0, 0.1) is 5.92 Å². The number of rotatable bonds is 5. The van der Waals surface area contributed by atoms with Gasteiger partial charge in [-0.3, -0.25) is 4.79 Å². The summed E-state index contributed by atoms with van der Waals surface area (Å²) in [4.78, 5) is 26.2. The van der Waals surface area contributed by atoms with E-state index >= 15 is 0 Å². The van der Waals surface area contributed by atoms with Crippen LogP contribution in [0.2, 0.25) is 0 Å². The van der Waals surface area contributed by atoms with Gasteiger partial charge in [-0.1, -0.05) is 0 Å². The van der Waals surface area contributed by atoms with Gasteiger partial charge in [0.1, 0.15) is 0 Å². The molecule has 0 unspecified atom stereocenters. The first kappa shape index (κ1) is 19.6. The van der Waals surface area contributed by atoms with Crippen LogP contribution < -0.4 is 10.2 Å². The van der Waals surface area contributed by atoms with Crippen molar-refractivity contribution in [2.75, 3.05) is 30.4 Å². The Balaban J connectivity index is 1.30. The molecule has 2 aromatic heterocycles. The van der Waals surface area contributed by atoms with Gasteiger partial charge in [-0.2, -0.15) is 5.10 Å². The highest BCUT2D eigenvalue weighted by Crippen LogP contribution is 2.23. The molecule has 1 N–H and O–H groups in total. The summed E-state index contributed by atoms with van der Waals surface area (Å²) in [5, 5.41) is 15.6. The zero-order chi connectivity index (χ0) is 20.9. The molecule has 30 heavy (non-hydrogen) atoms. The summed E-state index contributed by atoms with van der Waals surface area (Å²) in [7, 11) is 1.34. The van der Waals surface area contributed by atoms with E-state index in [2.05, 4.69) is 30.2 Å². The van der Waals surface area contributed by atoms with Crippen molar-refractivity contribution in [3.8, 4) is 5.82 Å². The van der Waals surface area contributed by atoms with Crippen LogP contribution in [0.3, 0.4) is 0 Å². The molecule has 4 rings (SSSR count). The minimum absolute atomic E-state index is 0.0133. The second-order valence-electron chi connectivity index (χ2n) is 7.02. The zero-order valence-electron chi connectivity index (χ0n) is 16.6. The van der Waals surface area contributed by atoms with Gasteiger partial charge in [0, 0.05) is 37.1 Å². The molecule has 9 heteroatoms. The maximum atomic E-state index is 12.6. The Labute approximate surface area is 173 Å². The lowest BCUT2D eigenvalue weighted by Gasteiger charge is -2.31. The predicted molar refractivity (Wildman–Crippen MR) is 111 cm³/mol. The molecule has 3 heterocycles. The highest BCUT2D eigenvalue weighted by molar-refractivity contribution is 5.94. The number of amides is 1. The van der Waals surface area contributed by atoms with Gasteiger partial charge in [0.15, 0.2) is 11.6 Å². The number of piperidine rings is 1. The lowest BCUT2D eigenvalue weighted by Crippen LogP contribution is -2.38. The maximum absolute atomic E-state index is 12.6. The molecule has 0 bridgehead atoms. The second kappa shape index (κ2) is 8.73. The molecule has 9 nitrogen and oxygen atoms in total. The number of hydrogen-bond donors (Lipinski definition) is 1. The Morgan fingerprint density at radius 1 is 1.03 bits per heavy atom. The Bertz CT molecular complexity index is 994. The standard InChI is InChI=1S/C21H22N6O3/c1-30-21(29)16-3-5-17(6-4-16)23-20(28)15-9-13-26(14-10-15)18-7-8-19(25-24-18)27-12-2-11-22-27/h2-8,11-12,15H,9-10,13-14H2,1H3,(H,23,28). The normalized spacial score (nSPS) is 14.4. The third kappa shape index (κ3) is 4.29. The van der Waals surface area contributed by atoms with E-state index in [-0.39, 0.29) is 11.8 Å². The summed E-state index contributed by atoms with van der Waals surface area (Å²) in [6, 6.07) is 12.3. The fourth-order valence-corrected chi connectivity index (χ4v) is 3.44. The molecule has 0 aliphatic carbocycles. The SMILES string of the molecule is COC(=O)c1ccc(NC(=O)C2CCN(c3ccc(-n4cccn4)nn3)CC2)cc1. The van der Waals surface area contributed by atoms with Crippen LogP contribution in [0.15, 0.2) is 54.9 Å². The van der Waals surface area contributed by atoms with E-state index in [9.17, 15) is 9.59 Å². The number of methoxy groups -OCH3 is 1. The van der Waals surface area contributed by atoms with Crippen LogP contribution in [0.5, 0.6) is 0 Å². The van der Waals surface area contributed by atoms with Crippen LogP contribution in [0.25, 0.3) is 5.82 Å². The van der Waals surface area contributed by atoms with Gasteiger partial charge in [-0.15, -0.1) is 10.2 Å². The molecule has 0 radical (unpaired) electrons. The van der Waals surface area contributed by atoms with E-state index in [0.29, 0.717) is 17.1 Å². The molecular formula is C21H22N6O3. The van der Waals surface area contributed by atoms with E-state index in [1.165, 1.54) is 7.11 Å². The monoisotopic (exact) mass is 406 g/mol. The van der Waals surface area contributed by atoms with E-state index in [0.717, 1.165) is 31.7 Å². The Kier molecular flexibility index (Phi) is 5.69. The minimum Gasteiger partial charge on any atom is -0.465 e. The van der Waals surface area contributed by atoms with Crippen LogP contribution in [-0.4, -0.2) is 52.1 Å². The number of carbonyl (C=O) groups is 2. The van der Waals surface area contributed by atoms with E-state index in [4.69, 9.17) is 0 Å². The van der Waals surface area contributed by atoms with Crippen molar-refractivity contribution < 1.29 is 14.3 Å². The molecule has 1 fully saturated rings. The summed E-state index contributed by atoms with van der Waals surface area (Å²) >= 11 is 0. The van der Waals surface area contributed by atoms with Gasteiger partial charge in [0.2, 0.25) is 5.91 Å². The third-order valence-corrected chi connectivity index (χ3v) is 5.14. The van der Waals surface area contributed by atoms with Crippen molar-refractivity contribution >= 4 is 23.4 Å². The van der Waals surface area contributed by atoms with Gasteiger partial charge >= 0.3 is 5.97 Å². The van der Waals surface area contributed by atoms with Gasteiger partial charge in [0.05, 0.1) is 12.7 Å². The number of anilines is 2. The van der Waals surface area contributed by atoms with Crippen LogP contribution in [-0.2, 0) is 9.53 Å². The fourth-order valence-electron chi connectivity index (χ4n) is 3.44. The first-order valence-corrected chi connectivity index (χ1v) is 9.72. The Morgan fingerprint density at radius 3 is 2.33 bits per heavy atom. The van der Waals surface area contributed by atoms with Gasteiger partial charge in [0.25, 0.3) is 0 Å². The number of ether oxygens (including phenoxy) is 1. The number of hydrogen-bond acceptors (Lipinski definition) is 7. The molecule has 3 aromatic rings. The third-order valence-electron chi connectivity index (χ3n) is 5.14. The summed E-state index contributed by atoms with van der Waals surface area (Å²) in [6.07, 6.45) is 4.97. The average molecular weight is 406 g/mol. The average Bonchev–Trinajstić information content (AvgIpc) is 3.34. The van der Waals surface area contributed by atoms with Crippen LogP contribution >= 0.6 is 0 Å². The Hall–Kier alpha value is -3.75. The second-order valence-corrected chi connectivity index (χ2v) is 7.02. The number of benzene rings is 1. The molecule has 1 amide bonds. The highest BCUT2D eigenvalue weighted by Gasteiger charge is 2.26. The number of aromatic nitrogens is 4. The molecule has 1 aliphatic heterocycles. The maximum Gasteiger partial charge on any atom is 0.337 e. The zero-order valence-corrected chi connectivity index (χ0v) is 16.6. The van der Waals surface area contributed by atoms with E-state index in [1.807, 2.05) is 24.4 Å². The van der Waals surface area contributed by atoms with Crippen LogP contribution in [0.1, 0.15) is 23.2 Å². The van der Waals surface area contributed by atoms with Crippen molar-refractivity contribution in [1.82, 2.24) is 20.0 Å². The molecule has 0 atom stereocenters. The number of nitrogens with one attached hydrogen (secondary N) is 1. The molecule has 154 valence electrons. The van der Waals surface area contributed by atoms with E-state index < -0.39 is 5.97 Å². The van der Waals surface area contributed by atoms with Crippen molar-refractivity contribution in [1.29, 1.82) is 0 Å². The molecule has 0 saturated carbocycles. The van der Waals surface area contributed by atoms with Crippen molar-refractivity contribution in [2.24, 2.45) is 5.92 Å². The molecule has 0 spiro atoms. The highest BCUT2D eigenvalue weighted by atomic mass is 16.5. The first-order valence-electron chi connectivity index (χ1n) is 9.72. The topological polar surface area (TPSA) is 102 Å². The quantitative estimate of drug-likeness (QED) is 0.649. The van der Waals surface area contributed by atoms with Crippen molar-refractivity contribution in [3.63, 3.8) is 0 Å². The lowest BCUT2D eigenvalue weighted by molar-refractivity contribution is -0.120. The largest absolute Gasteiger partial charge is 0.465 e. The summed E-state index contributed by atoms with van der Waals surface area (Å²) in [5.41, 5.74) is 1.11. The van der Waals surface area contributed by atoms with Gasteiger partial charge in [-0.25, -0.2) is 9.48 Å². The molecule has 1 saturated heterocycles. The molecular weight excluding hydrogens is 384 g/mol. The fraction of sp³-hybridized carbons (Fsp3) is 0.286. The van der Waals surface area contributed by atoms with E-state index in [1.54, 1.807) is 35.1 Å². The van der Waals surface area contributed by atoms with Crippen molar-refractivity contribution in [3.05, 3.63) is 60.4 Å². The number of carbonyl (C=O) groups excluding carboxylic acids is 2. The van der Waals surface area contributed by atoms with Gasteiger partial charge in [-0.05, 0) is 55.3 Å². The summed E-state index contributed by atoms with van der Waals surface area (Å²) in [6.45, 7) is 1.46. The van der Waals surface area contributed by atoms with Gasteiger partial charge < -0.3 is 15.0 Å². The summed E-state index contributed by atoms with van der Waals surface area (Å²) in [5.74, 6) is 0.971.